The van der Waals surface area contributed by atoms with E-state index in [1.165, 1.54) is 7.11 Å². The quantitative estimate of drug-likeness (QED) is 0.433. The summed E-state index contributed by atoms with van der Waals surface area (Å²) in [5.41, 5.74) is 5.34. The molecule has 2 radical (unpaired) electrons. The van der Waals surface area contributed by atoms with Gasteiger partial charge in [-0.05, 0) is 0 Å². The summed E-state index contributed by atoms with van der Waals surface area (Å²) < 4.78 is 36.7. The summed E-state index contributed by atoms with van der Waals surface area (Å²) in [6.45, 7) is 0.653. The van der Waals surface area contributed by atoms with E-state index in [0.717, 1.165) is 7.11 Å². The molecule has 0 saturated carbocycles. The Morgan fingerprint density at radius 1 is 1.42 bits per heavy atom. The molecule has 10 heteroatoms. The maximum atomic E-state index is 11.5. The molecule has 8 nitrogen and oxygen atoms in total. The Bertz CT molecular complexity index is 321. The molecule has 0 aliphatic carbocycles. The molecule has 1 aliphatic heterocycles. The van der Waals surface area contributed by atoms with Gasteiger partial charge in [-0.3, -0.25) is 9.05 Å². The third-order valence-corrected chi connectivity index (χ3v) is 3.56. The molecule has 1 heterocycles. The lowest BCUT2D eigenvalue weighted by Gasteiger charge is -2.25. The molecule has 1 aliphatic rings. The number of nitrogens with two attached hydrogens (primary N) is 1. The van der Waals surface area contributed by atoms with Gasteiger partial charge in [0.1, 0.15) is 26.2 Å². The molecule has 1 rings (SSSR count). The Morgan fingerprint density at radius 2 is 2.11 bits per heavy atom. The number of phosphoric ester groups is 1. The van der Waals surface area contributed by atoms with Crippen molar-refractivity contribution in [3.63, 3.8) is 0 Å². The van der Waals surface area contributed by atoms with Gasteiger partial charge in [-0.2, -0.15) is 0 Å². The van der Waals surface area contributed by atoms with E-state index in [0.29, 0.717) is 0 Å². The van der Waals surface area contributed by atoms with Crippen LogP contribution in [0.2, 0.25) is 0 Å². The molecule has 0 aromatic rings. The van der Waals surface area contributed by atoms with Crippen LogP contribution in [0, 0.1) is 0 Å². The molecule has 0 bridgehead atoms. The van der Waals surface area contributed by atoms with Gasteiger partial charge >= 0.3 is 7.82 Å². The van der Waals surface area contributed by atoms with Crippen molar-refractivity contribution < 1.29 is 32.7 Å². The molecule has 3 N–H and O–H groups in total. The van der Waals surface area contributed by atoms with Gasteiger partial charge in [0.2, 0.25) is 0 Å². The average molecular weight is 295 g/mol. The topological polar surface area (TPSA) is 109 Å². The Hall–Kier alpha value is 0.0149. The first-order chi connectivity index (χ1) is 8.95. The zero-order valence-electron chi connectivity index (χ0n) is 10.9. The minimum absolute atomic E-state index is 0.143. The number of hydrogen-bond acceptors (Lipinski definition) is 7. The zero-order valence-corrected chi connectivity index (χ0v) is 11.8. The largest absolute Gasteiger partial charge is 0.472 e. The van der Waals surface area contributed by atoms with Crippen molar-refractivity contribution >= 4 is 15.7 Å². The van der Waals surface area contributed by atoms with Crippen LogP contribution < -0.4 is 5.73 Å². The van der Waals surface area contributed by atoms with Crippen LogP contribution in [0.5, 0.6) is 0 Å². The number of ether oxygens (including phenoxy) is 3. The van der Waals surface area contributed by atoms with Crippen LogP contribution in [0.1, 0.15) is 0 Å². The van der Waals surface area contributed by atoms with Crippen LogP contribution >= 0.6 is 7.82 Å². The average Bonchev–Trinajstić information content (AvgIpc) is 2.63. The normalized spacial score (nSPS) is 34.3. The van der Waals surface area contributed by atoms with Crippen molar-refractivity contribution in [1.82, 2.24) is 0 Å². The second-order valence-corrected chi connectivity index (χ2v) is 5.45. The Labute approximate surface area is 113 Å². The first kappa shape index (κ1) is 17.1. The van der Waals surface area contributed by atoms with Crippen molar-refractivity contribution in [2.24, 2.45) is 5.73 Å². The maximum absolute atomic E-state index is 11.5. The fourth-order valence-electron chi connectivity index (χ4n) is 1.77. The standard InChI is InChI=1S/C9H19BNO7P/c1-14-5-6-7(18-19(12,13)15-2)8(9(10)17-6)16-4-3-11/h6-9H,3-5,11H2,1-2H3,(H,12,13)/t6-,7?,8+,9-/m1/s1. The summed E-state index contributed by atoms with van der Waals surface area (Å²) in [7, 11) is 4.11. The van der Waals surface area contributed by atoms with Gasteiger partial charge in [0.05, 0.1) is 13.2 Å². The van der Waals surface area contributed by atoms with Crippen LogP contribution in [-0.4, -0.2) is 71.0 Å². The van der Waals surface area contributed by atoms with Gasteiger partial charge in [0.25, 0.3) is 0 Å². The van der Waals surface area contributed by atoms with Gasteiger partial charge in [-0.15, -0.1) is 0 Å². The second kappa shape index (κ2) is 7.71. The van der Waals surface area contributed by atoms with E-state index >= 15 is 0 Å². The lowest BCUT2D eigenvalue weighted by atomic mass is 9.93. The zero-order chi connectivity index (χ0) is 14.5. The van der Waals surface area contributed by atoms with E-state index in [1.807, 2.05) is 0 Å². The molecule has 5 atom stereocenters. The van der Waals surface area contributed by atoms with E-state index < -0.39 is 32.1 Å². The number of hydrogen-bond donors (Lipinski definition) is 2. The van der Waals surface area contributed by atoms with E-state index in [1.54, 1.807) is 0 Å². The summed E-state index contributed by atoms with van der Waals surface area (Å²) in [5, 5.41) is 0. The molecule has 0 spiro atoms. The van der Waals surface area contributed by atoms with Crippen LogP contribution in [0.15, 0.2) is 0 Å². The smallest absolute Gasteiger partial charge is 0.382 e. The molecular weight excluding hydrogens is 276 g/mol. The molecule has 110 valence electrons. The van der Waals surface area contributed by atoms with Crippen molar-refractivity contribution in [2.75, 3.05) is 34.0 Å². The van der Waals surface area contributed by atoms with Crippen molar-refractivity contribution in [1.29, 1.82) is 0 Å². The Kier molecular flexibility index (Phi) is 6.92. The van der Waals surface area contributed by atoms with E-state index in [4.69, 9.17) is 32.3 Å². The minimum Gasteiger partial charge on any atom is -0.382 e. The SMILES string of the molecule is [B][C@@H]1O[C@H](COC)C(OP(=O)(O)OC)[C@@H]1OCCN. The summed E-state index contributed by atoms with van der Waals surface area (Å²) in [5.74, 6) is 0. The number of rotatable bonds is 8. The predicted octanol–water partition coefficient (Wildman–Crippen LogP) is -0.998. The molecule has 19 heavy (non-hydrogen) atoms. The van der Waals surface area contributed by atoms with Crippen molar-refractivity contribution in [3.8, 4) is 0 Å². The van der Waals surface area contributed by atoms with E-state index in [9.17, 15) is 9.46 Å². The first-order valence-electron chi connectivity index (χ1n) is 5.73. The van der Waals surface area contributed by atoms with Crippen LogP contribution in [0.25, 0.3) is 0 Å². The highest BCUT2D eigenvalue weighted by molar-refractivity contribution is 7.47. The van der Waals surface area contributed by atoms with Crippen molar-refractivity contribution in [2.45, 2.75) is 24.3 Å². The third kappa shape index (κ3) is 4.80. The second-order valence-electron chi connectivity index (χ2n) is 3.94. The van der Waals surface area contributed by atoms with E-state index in [-0.39, 0.29) is 19.8 Å². The molecule has 0 amide bonds. The highest BCUT2D eigenvalue weighted by Crippen LogP contribution is 2.46. The minimum atomic E-state index is -4.18. The molecular formula is C9H19BNO7P. The maximum Gasteiger partial charge on any atom is 0.472 e. The Morgan fingerprint density at radius 3 is 2.63 bits per heavy atom. The lowest BCUT2D eigenvalue weighted by molar-refractivity contribution is -0.0327. The lowest BCUT2D eigenvalue weighted by Crippen LogP contribution is -2.39. The molecule has 0 aromatic heterocycles. The van der Waals surface area contributed by atoms with Gasteiger partial charge in [-0.1, -0.05) is 0 Å². The fraction of sp³-hybridized carbons (Fsp3) is 1.00. The van der Waals surface area contributed by atoms with Crippen LogP contribution in [0.3, 0.4) is 0 Å². The van der Waals surface area contributed by atoms with Crippen LogP contribution in [0.4, 0.5) is 0 Å². The number of methoxy groups -OCH3 is 1. The van der Waals surface area contributed by atoms with Gasteiger partial charge < -0.3 is 24.8 Å². The predicted molar refractivity (Wildman–Crippen MR) is 66.8 cm³/mol. The molecule has 1 saturated heterocycles. The Balaban J connectivity index is 2.78. The molecule has 1 fully saturated rings. The first-order valence-corrected chi connectivity index (χ1v) is 7.23. The van der Waals surface area contributed by atoms with Crippen molar-refractivity contribution in [3.05, 3.63) is 0 Å². The fourth-order valence-corrected chi connectivity index (χ4v) is 2.42. The summed E-state index contributed by atoms with van der Waals surface area (Å²) >= 11 is 0. The summed E-state index contributed by atoms with van der Waals surface area (Å²) in [6.07, 6.45) is -2.23. The number of phosphoric acid groups is 1. The highest BCUT2D eigenvalue weighted by atomic mass is 31.2. The summed E-state index contributed by atoms with van der Waals surface area (Å²) in [4.78, 5) is 9.39. The van der Waals surface area contributed by atoms with Crippen LogP contribution in [-0.2, 0) is 27.8 Å². The monoisotopic (exact) mass is 295 g/mol. The summed E-state index contributed by atoms with van der Waals surface area (Å²) in [6, 6.07) is -0.798. The van der Waals surface area contributed by atoms with Gasteiger partial charge in [0, 0.05) is 26.8 Å². The molecule has 2 unspecified atom stereocenters. The molecule has 0 aromatic carbocycles. The van der Waals surface area contributed by atoms with E-state index in [2.05, 4.69) is 4.52 Å². The third-order valence-electron chi connectivity index (χ3n) is 2.59. The van der Waals surface area contributed by atoms with Gasteiger partial charge in [-0.25, -0.2) is 4.57 Å². The highest BCUT2D eigenvalue weighted by Gasteiger charge is 2.47. The van der Waals surface area contributed by atoms with Gasteiger partial charge in [0.15, 0.2) is 0 Å².